The van der Waals surface area contributed by atoms with Gasteiger partial charge in [-0.05, 0) is 0 Å². The molecule has 0 amide bonds. The minimum absolute atomic E-state index is 0.264. The molecule has 0 aromatic carbocycles. The second-order valence-electron chi connectivity index (χ2n) is 3.54. The lowest BCUT2D eigenvalue weighted by Crippen LogP contribution is -2.37. The fourth-order valence-electron chi connectivity index (χ4n) is 1.48. The minimum atomic E-state index is 0.264. The number of aliphatic hydroxyl groups excluding tert-OH is 1. The predicted molar refractivity (Wildman–Crippen MR) is 58.0 cm³/mol. The second-order valence-corrected chi connectivity index (χ2v) is 3.54. The Balaban J connectivity index is 0.000000162. The lowest BCUT2D eigenvalue weighted by atomic mass is 10.4. The summed E-state index contributed by atoms with van der Waals surface area (Å²) in [6.07, 6.45) is 0. The highest BCUT2D eigenvalue weighted by Crippen LogP contribution is 1.94. The predicted octanol–water partition coefficient (Wildman–Crippen LogP) is -1.08. The van der Waals surface area contributed by atoms with Crippen LogP contribution in [0.2, 0.25) is 0 Å². The smallest absolute Gasteiger partial charge is 0.0594 e. The van der Waals surface area contributed by atoms with Crippen molar-refractivity contribution in [3.05, 3.63) is 0 Å². The molecule has 0 saturated carbocycles. The molecule has 2 N–H and O–H groups in total. The van der Waals surface area contributed by atoms with Crippen molar-refractivity contribution >= 4 is 0 Å². The van der Waals surface area contributed by atoms with Crippen LogP contribution in [-0.2, 0) is 9.47 Å². The Labute approximate surface area is 91.3 Å². The molecular formula is C10H22N2O3. The summed E-state index contributed by atoms with van der Waals surface area (Å²) in [6.45, 7) is 8.48. The molecule has 15 heavy (non-hydrogen) atoms. The standard InChI is InChI=1S/C6H13NO2.C4H9NO/c8-4-1-7-2-5-9-6-3-7;1-3-6-4-2-5-1/h8H,1-6H2;5H,1-4H2. The Morgan fingerprint density at radius 3 is 2.00 bits per heavy atom. The summed E-state index contributed by atoms with van der Waals surface area (Å²) in [5, 5.41) is 11.7. The third-order valence-corrected chi connectivity index (χ3v) is 2.37. The number of hydrogen-bond acceptors (Lipinski definition) is 5. The molecule has 0 aromatic rings. The minimum Gasteiger partial charge on any atom is -0.395 e. The average molecular weight is 218 g/mol. The third-order valence-electron chi connectivity index (χ3n) is 2.37. The zero-order valence-electron chi connectivity index (χ0n) is 9.28. The molecule has 5 nitrogen and oxygen atoms in total. The Hall–Kier alpha value is -0.200. The molecule has 0 atom stereocenters. The van der Waals surface area contributed by atoms with Crippen LogP contribution in [-0.4, -0.2) is 75.8 Å². The van der Waals surface area contributed by atoms with Crippen molar-refractivity contribution in [3.8, 4) is 0 Å². The van der Waals surface area contributed by atoms with E-state index < -0.39 is 0 Å². The van der Waals surface area contributed by atoms with Crippen molar-refractivity contribution in [3.63, 3.8) is 0 Å². The van der Waals surface area contributed by atoms with Gasteiger partial charge in [0.05, 0.1) is 33.0 Å². The summed E-state index contributed by atoms with van der Waals surface area (Å²) in [7, 11) is 0. The first-order chi connectivity index (χ1) is 7.43. The Morgan fingerprint density at radius 1 is 1.00 bits per heavy atom. The van der Waals surface area contributed by atoms with Gasteiger partial charge in [0.1, 0.15) is 0 Å². The van der Waals surface area contributed by atoms with Gasteiger partial charge >= 0.3 is 0 Å². The first-order valence-electron chi connectivity index (χ1n) is 5.63. The monoisotopic (exact) mass is 218 g/mol. The molecule has 2 aliphatic heterocycles. The van der Waals surface area contributed by atoms with E-state index in [1.807, 2.05) is 0 Å². The lowest BCUT2D eigenvalue weighted by Gasteiger charge is -2.25. The highest BCUT2D eigenvalue weighted by atomic mass is 16.5. The van der Waals surface area contributed by atoms with Crippen molar-refractivity contribution in [1.82, 2.24) is 10.2 Å². The summed E-state index contributed by atoms with van der Waals surface area (Å²) in [5.41, 5.74) is 0. The van der Waals surface area contributed by atoms with E-state index in [4.69, 9.17) is 14.6 Å². The first-order valence-corrected chi connectivity index (χ1v) is 5.63. The van der Waals surface area contributed by atoms with Crippen molar-refractivity contribution in [1.29, 1.82) is 0 Å². The fraction of sp³-hybridized carbons (Fsp3) is 1.00. The average Bonchev–Trinajstić information content (AvgIpc) is 2.34. The molecule has 0 bridgehead atoms. The van der Waals surface area contributed by atoms with E-state index in [9.17, 15) is 0 Å². The Kier molecular flexibility index (Phi) is 7.77. The fourth-order valence-corrected chi connectivity index (χ4v) is 1.48. The normalized spacial score (nSPS) is 23.0. The van der Waals surface area contributed by atoms with Crippen LogP contribution in [0.5, 0.6) is 0 Å². The van der Waals surface area contributed by atoms with Crippen molar-refractivity contribution in [2.75, 3.05) is 65.8 Å². The van der Waals surface area contributed by atoms with Gasteiger partial charge in [0.25, 0.3) is 0 Å². The number of rotatable bonds is 2. The molecule has 2 saturated heterocycles. The van der Waals surface area contributed by atoms with E-state index in [0.29, 0.717) is 0 Å². The zero-order valence-corrected chi connectivity index (χ0v) is 9.28. The van der Waals surface area contributed by atoms with E-state index in [1.165, 1.54) is 0 Å². The first kappa shape index (κ1) is 12.9. The Morgan fingerprint density at radius 2 is 1.60 bits per heavy atom. The van der Waals surface area contributed by atoms with Crippen molar-refractivity contribution in [2.24, 2.45) is 0 Å². The number of nitrogens with one attached hydrogen (secondary N) is 1. The zero-order chi connectivity index (χ0) is 10.8. The molecule has 2 rings (SSSR count). The molecule has 2 fully saturated rings. The SMILES string of the molecule is C1COCCN1.OCCN1CCOCC1. The van der Waals surface area contributed by atoms with Gasteiger partial charge < -0.3 is 19.9 Å². The maximum atomic E-state index is 8.54. The third kappa shape index (κ3) is 6.81. The van der Waals surface area contributed by atoms with Crippen LogP contribution in [0.3, 0.4) is 0 Å². The van der Waals surface area contributed by atoms with Gasteiger partial charge in [-0.25, -0.2) is 0 Å². The number of nitrogens with zero attached hydrogens (tertiary/aromatic N) is 1. The van der Waals surface area contributed by atoms with Crippen LogP contribution in [0.4, 0.5) is 0 Å². The number of ether oxygens (including phenoxy) is 2. The maximum Gasteiger partial charge on any atom is 0.0594 e. The number of β-amino-alcohol motifs (C(OH)–C–C–N with tert-alkyl or cyclic N) is 1. The highest BCUT2D eigenvalue weighted by Gasteiger charge is 2.07. The molecule has 0 radical (unpaired) electrons. The number of hydrogen-bond donors (Lipinski definition) is 2. The summed E-state index contributed by atoms with van der Waals surface area (Å²) >= 11 is 0. The molecular weight excluding hydrogens is 196 g/mol. The number of aliphatic hydroxyl groups is 1. The molecule has 90 valence electrons. The van der Waals surface area contributed by atoms with Gasteiger partial charge in [0.15, 0.2) is 0 Å². The van der Waals surface area contributed by atoms with Gasteiger partial charge in [-0.3, -0.25) is 4.90 Å². The van der Waals surface area contributed by atoms with Crippen LogP contribution in [0.15, 0.2) is 0 Å². The topological polar surface area (TPSA) is 54.0 Å². The summed E-state index contributed by atoms with van der Waals surface area (Å²) in [5.74, 6) is 0. The molecule has 0 aromatic heterocycles. The molecule has 2 heterocycles. The maximum absolute atomic E-state index is 8.54. The van der Waals surface area contributed by atoms with Crippen molar-refractivity contribution < 1.29 is 14.6 Å². The quantitative estimate of drug-likeness (QED) is 0.617. The van der Waals surface area contributed by atoms with Crippen LogP contribution in [0, 0.1) is 0 Å². The van der Waals surface area contributed by atoms with Gasteiger partial charge in [0, 0.05) is 32.7 Å². The van der Waals surface area contributed by atoms with Crippen LogP contribution in [0.25, 0.3) is 0 Å². The van der Waals surface area contributed by atoms with Crippen LogP contribution >= 0.6 is 0 Å². The largest absolute Gasteiger partial charge is 0.395 e. The van der Waals surface area contributed by atoms with E-state index >= 15 is 0 Å². The molecule has 5 heteroatoms. The summed E-state index contributed by atoms with van der Waals surface area (Å²) in [4.78, 5) is 2.20. The molecule has 2 aliphatic rings. The van der Waals surface area contributed by atoms with Gasteiger partial charge in [0.2, 0.25) is 0 Å². The number of morpholine rings is 2. The van der Waals surface area contributed by atoms with E-state index in [2.05, 4.69) is 10.2 Å². The Bertz CT molecular complexity index is 122. The van der Waals surface area contributed by atoms with Gasteiger partial charge in [-0.2, -0.15) is 0 Å². The summed E-state index contributed by atoms with van der Waals surface area (Å²) < 4.78 is 10.1. The molecule has 0 spiro atoms. The van der Waals surface area contributed by atoms with Crippen LogP contribution < -0.4 is 5.32 Å². The molecule has 0 unspecified atom stereocenters. The second kappa shape index (κ2) is 9.06. The van der Waals surface area contributed by atoms with Crippen LogP contribution in [0.1, 0.15) is 0 Å². The molecule has 0 aliphatic carbocycles. The highest BCUT2D eigenvalue weighted by molar-refractivity contribution is 4.59. The van der Waals surface area contributed by atoms with Crippen molar-refractivity contribution in [2.45, 2.75) is 0 Å². The van der Waals surface area contributed by atoms with E-state index in [-0.39, 0.29) is 6.61 Å². The van der Waals surface area contributed by atoms with E-state index in [1.54, 1.807) is 0 Å². The lowest BCUT2D eigenvalue weighted by molar-refractivity contribution is 0.0306. The summed E-state index contributed by atoms with van der Waals surface area (Å²) in [6, 6.07) is 0. The van der Waals surface area contributed by atoms with Gasteiger partial charge in [-0.1, -0.05) is 0 Å². The van der Waals surface area contributed by atoms with E-state index in [0.717, 1.165) is 59.2 Å². The van der Waals surface area contributed by atoms with Gasteiger partial charge in [-0.15, -0.1) is 0 Å².